The van der Waals surface area contributed by atoms with E-state index in [1.54, 1.807) is 19.9 Å². The van der Waals surface area contributed by atoms with Crippen LogP contribution in [0, 0.1) is 0 Å². The molecule has 0 saturated heterocycles. The zero-order chi connectivity index (χ0) is 16.0. The molecular formula is C12H13Cl4O4P. The molecule has 0 bridgehead atoms. The van der Waals surface area contributed by atoms with Gasteiger partial charge < -0.3 is 4.52 Å². The number of halogens is 4. The average Bonchev–Trinajstić information content (AvgIpc) is 2.39. The van der Waals surface area contributed by atoms with E-state index in [1.165, 1.54) is 12.1 Å². The molecule has 0 heterocycles. The standard InChI is InChI=1S/C12H13Cl4O4P/c1-3-18-21(17,19-4-2)20-11(12(15)16)9-7-8(13)5-6-10(9)14/h5-7H,3-4H2,1-2H3. The van der Waals surface area contributed by atoms with Crippen LogP contribution in [0.5, 0.6) is 0 Å². The lowest BCUT2D eigenvalue weighted by atomic mass is 10.2. The third kappa shape index (κ3) is 5.65. The topological polar surface area (TPSA) is 44.8 Å². The van der Waals surface area contributed by atoms with Crippen molar-refractivity contribution in [1.29, 1.82) is 0 Å². The molecule has 0 radical (unpaired) electrons. The highest BCUT2D eigenvalue weighted by atomic mass is 35.5. The van der Waals surface area contributed by atoms with Gasteiger partial charge in [-0.1, -0.05) is 46.4 Å². The number of benzene rings is 1. The Morgan fingerprint density at radius 2 is 1.71 bits per heavy atom. The summed E-state index contributed by atoms with van der Waals surface area (Å²) < 4.78 is 27.5. The Morgan fingerprint density at radius 3 is 2.19 bits per heavy atom. The first kappa shape index (κ1) is 19.1. The van der Waals surface area contributed by atoms with E-state index in [0.29, 0.717) is 5.02 Å². The van der Waals surface area contributed by atoms with Gasteiger partial charge in [-0.3, -0.25) is 9.05 Å². The van der Waals surface area contributed by atoms with Crippen LogP contribution in [0.4, 0.5) is 0 Å². The van der Waals surface area contributed by atoms with Gasteiger partial charge in [-0.15, -0.1) is 0 Å². The van der Waals surface area contributed by atoms with Crippen LogP contribution in [0.3, 0.4) is 0 Å². The first-order chi connectivity index (χ1) is 9.83. The van der Waals surface area contributed by atoms with E-state index in [0.717, 1.165) is 0 Å². The van der Waals surface area contributed by atoms with Crippen LogP contribution >= 0.6 is 54.2 Å². The predicted molar refractivity (Wildman–Crippen MR) is 87.0 cm³/mol. The molecule has 0 unspecified atom stereocenters. The minimum absolute atomic E-state index is 0.119. The van der Waals surface area contributed by atoms with Gasteiger partial charge in [0.05, 0.1) is 18.2 Å². The largest absolute Gasteiger partial charge is 0.530 e. The monoisotopic (exact) mass is 392 g/mol. The summed E-state index contributed by atoms with van der Waals surface area (Å²) in [7, 11) is -3.86. The maximum absolute atomic E-state index is 12.4. The lowest BCUT2D eigenvalue weighted by Gasteiger charge is -2.19. The smallest absolute Gasteiger partial charge is 0.401 e. The number of phosphoric acid groups is 1. The van der Waals surface area contributed by atoms with Crippen molar-refractivity contribution >= 4 is 60.0 Å². The molecule has 0 atom stereocenters. The molecule has 21 heavy (non-hydrogen) atoms. The van der Waals surface area contributed by atoms with E-state index in [-0.39, 0.29) is 34.1 Å². The lowest BCUT2D eigenvalue weighted by Crippen LogP contribution is -2.01. The normalized spacial score (nSPS) is 11.3. The Hall–Kier alpha value is 0.0700. The van der Waals surface area contributed by atoms with Crippen LogP contribution in [0.15, 0.2) is 22.7 Å². The van der Waals surface area contributed by atoms with Gasteiger partial charge in [0, 0.05) is 10.6 Å². The lowest BCUT2D eigenvalue weighted by molar-refractivity contribution is 0.159. The molecule has 0 N–H and O–H groups in total. The maximum atomic E-state index is 12.4. The summed E-state index contributed by atoms with van der Waals surface area (Å²) in [6.45, 7) is 3.53. The molecule has 0 spiro atoms. The quantitative estimate of drug-likeness (QED) is 0.403. The highest BCUT2D eigenvalue weighted by Crippen LogP contribution is 2.54. The Bertz CT molecular complexity index is 562. The van der Waals surface area contributed by atoms with Gasteiger partial charge in [-0.25, -0.2) is 4.57 Å². The van der Waals surface area contributed by atoms with E-state index in [4.69, 9.17) is 60.0 Å². The molecule has 118 valence electrons. The van der Waals surface area contributed by atoms with Crippen LogP contribution in [-0.4, -0.2) is 13.2 Å². The molecule has 9 heteroatoms. The zero-order valence-electron chi connectivity index (χ0n) is 11.2. The van der Waals surface area contributed by atoms with Crippen LogP contribution in [0.2, 0.25) is 10.0 Å². The van der Waals surface area contributed by atoms with Gasteiger partial charge >= 0.3 is 7.82 Å². The Labute approximate surface area is 143 Å². The first-order valence-electron chi connectivity index (χ1n) is 5.92. The zero-order valence-corrected chi connectivity index (χ0v) is 15.2. The van der Waals surface area contributed by atoms with Gasteiger partial charge in [-0.2, -0.15) is 0 Å². The second kappa shape index (κ2) is 8.64. The van der Waals surface area contributed by atoms with Crippen molar-refractivity contribution in [3.8, 4) is 0 Å². The summed E-state index contributed by atoms with van der Waals surface area (Å²) in [5, 5.41) is 0.653. The van der Waals surface area contributed by atoms with E-state index >= 15 is 0 Å². The van der Waals surface area contributed by atoms with Crippen LogP contribution in [0.25, 0.3) is 5.76 Å². The molecule has 1 aromatic carbocycles. The van der Waals surface area contributed by atoms with Gasteiger partial charge in [0.25, 0.3) is 0 Å². The third-order valence-corrected chi connectivity index (χ3v) is 4.59. The summed E-state index contributed by atoms with van der Waals surface area (Å²) in [5.41, 5.74) is 0.281. The number of hydrogen-bond acceptors (Lipinski definition) is 4. The van der Waals surface area contributed by atoms with Crippen LogP contribution in [-0.2, 0) is 18.1 Å². The van der Waals surface area contributed by atoms with Crippen molar-refractivity contribution in [3.05, 3.63) is 38.3 Å². The molecule has 1 rings (SSSR count). The number of phosphoric ester groups is 1. The number of rotatable bonds is 7. The molecule has 0 fully saturated rings. The van der Waals surface area contributed by atoms with Crippen molar-refractivity contribution in [1.82, 2.24) is 0 Å². The van der Waals surface area contributed by atoms with E-state index in [9.17, 15) is 4.57 Å². The number of hydrogen-bond donors (Lipinski definition) is 0. The van der Waals surface area contributed by atoms with Gasteiger partial charge in [-0.05, 0) is 32.0 Å². The minimum Gasteiger partial charge on any atom is -0.401 e. The van der Waals surface area contributed by atoms with Crippen LogP contribution < -0.4 is 0 Å². The van der Waals surface area contributed by atoms with E-state index in [2.05, 4.69) is 0 Å². The van der Waals surface area contributed by atoms with Crippen molar-refractivity contribution in [2.45, 2.75) is 13.8 Å². The summed E-state index contributed by atoms with van der Waals surface area (Å²) in [4.78, 5) is 0. The van der Waals surface area contributed by atoms with Gasteiger partial charge in [0.2, 0.25) is 0 Å². The fraction of sp³-hybridized carbons (Fsp3) is 0.333. The molecule has 0 amide bonds. The van der Waals surface area contributed by atoms with E-state index < -0.39 is 7.82 Å². The van der Waals surface area contributed by atoms with Crippen molar-refractivity contribution in [2.75, 3.05) is 13.2 Å². The highest BCUT2D eigenvalue weighted by molar-refractivity contribution is 7.48. The van der Waals surface area contributed by atoms with Crippen molar-refractivity contribution in [3.63, 3.8) is 0 Å². The minimum atomic E-state index is -3.86. The Kier molecular flexibility index (Phi) is 7.86. The van der Waals surface area contributed by atoms with Crippen LogP contribution in [0.1, 0.15) is 19.4 Å². The first-order valence-corrected chi connectivity index (χ1v) is 8.89. The van der Waals surface area contributed by atoms with Gasteiger partial charge in [0.15, 0.2) is 5.76 Å². The Balaban J connectivity index is 3.23. The fourth-order valence-corrected chi connectivity index (χ4v) is 3.36. The maximum Gasteiger partial charge on any atom is 0.530 e. The SMILES string of the molecule is CCOP(=O)(OCC)OC(=C(Cl)Cl)c1cc(Cl)ccc1Cl. The van der Waals surface area contributed by atoms with Crippen molar-refractivity contribution in [2.24, 2.45) is 0 Å². The van der Waals surface area contributed by atoms with Gasteiger partial charge in [0.1, 0.15) is 4.49 Å². The Morgan fingerprint density at radius 1 is 1.14 bits per heavy atom. The summed E-state index contributed by atoms with van der Waals surface area (Å²) >= 11 is 23.6. The molecule has 0 saturated carbocycles. The molecule has 4 nitrogen and oxygen atoms in total. The average molecular weight is 394 g/mol. The second-order valence-electron chi connectivity index (χ2n) is 3.59. The fourth-order valence-electron chi connectivity index (χ4n) is 1.37. The van der Waals surface area contributed by atoms with Crippen molar-refractivity contribution < 1.29 is 18.1 Å². The molecule has 0 aliphatic rings. The molecular weight excluding hydrogens is 381 g/mol. The second-order valence-corrected chi connectivity index (χ2v) is 6.97. The molecule has 0 aliphatic heterocycles. The third-order valence-electron chi connectivity index (χ3n) is 2.12. The highest BCUT2D eigenvalue weighted by Gasteiger charge is 2.31. The van der Waals surface area contributed by atoms with E-state index in [1.807, 2.05) is 0 Å². The molecule has 0 aliphatic carbocycles. The summed E-state index contributed by atoms with van der Waals surface area (Å²) in [6.07, 6.45) is 0. The molecule has 1 aromatic rings. The molecule has 0 aromatic heterocycles. The summed E-state index contributed by atoms with van der Waals surface area (Å²) in [6, 6.07) is 4.59. The predicted octanol–water partition coefficient (Wildman–Crippen LogP) is 6.29. The summed E-state index contributed by atoms with van der Waals surface area (Å²) in [5.74, 6) is -0.129.